The van der Waals surface area contributed by atoms with Gasteiger partial charge in [-0.15, -0.1) is 11.3 Å². The molecule has 3 aromatic rings. The average molecular weight is 269 g/mol. The first-order valence-electron chi connectivity index (χ1n) is 5.25. The molecule has 0 bridgehead atoms. The second kappa shape index (κ2) is 4.77. The van der Waals surface area contributed by atoms with Crippen LogP contribution in [0.1, 0.15) is 5.56 Å². The number of nitriles is 1. The Balaban J connectivity index is 1.94. The predicted octanol–water partition coefficient (Wildman–Crippen LogP) is 3.71. The fourth-order valence-corrected chi connectivity index (χ4v) is 3.53. The molecule has 0 radical (unpaired) electrons. The predicted molar refractivity (Wildman–Crippen MR) is 72.7 cm³/mol. The smallest absolute Gasteiger partial charge is 0.157 e. The standard InChI is InChI=1S/C13H7N3S2/c14-8-9-5-6-15-12(7-9)18-13-16-10-3-1-2-4-11(10)17-13/h1-7H. The lowest BCUT2D eigenvalue weighted by Crippen LogP contribution is -1.81. The second-order valence-corrected chi connectivity index (χ2v) is 5.84. The van der Waals surface area contributed by atoms with Crippen LogP contribution in [0.4, 0.5) is 0 Å². The number of thiazole rings is 1. The van der Waals surface area contributed by atoms with Crippen molar-refractivity contribution in [2.75, 3.05) is 0 Å². The van der Waals surface area contributed by atoms with Crippen molar-refractivity contribution in [3.05, 3.63) is 48.2 Å². The van der Waals surface area contributed by atoms with Gasteiger partial charge in [-0.05, 0) is 36.0 Å². The van der Waals surface area contributed by atoms with Gasteiger partial charge in [-0.3, -0.25) is 0 Å². The van der Waals surface area contributed by atoms with E-state index in [0.717, 1.165) is 19.6 Å². The molecule has 0 aliphatic carbocycles. The molecule has 86 valence electrons. The summed E-state index contributed by atoms with van der Waals surface area (Å²) < 4.78 is 2.11. The molecule has 18 heavy (non-hydrogen) atoms. The minimum atomic E-state index is 0.619. The lowest BCUT2D eigenvalue weighted by Gasteiger charge is -1.95. The van der Waals surface area contributed by atoms with Crippen LogP contribution in [0.15, 0.2) is 52.0 Å². The number of aromatic nitrogens is 2. The first-order chi connectivity index (χ1) is 8.85. The van der Waals surface area contributed by atoms with Gasteiger partial charge in [-0.1, -0.05) is 12.1 Å². The van der Waals surface area contributed by atoms with E-state index in [1.165, 1.54) is 11.8 Å². The van der Waals surface area contributed by atoms with E-state index in [1.54, 1.807) is 29.7 Å². The van der Waals surface area contributed by atoms with E-state index in [4.69, 9.17) is 5.26 Å². The van der Waals surface area contributed by atoms with Crippen LogP contribution in [0.2, 0.25) is 0 Å². The summed E-state index contributed by atoms with van der Waals surface area (Å²) >= 11 is 3.12. The zero-order chi connectivity index (χ0) is 12.4. The lowest BCUT2D eigenvalue weighted by atomic mass is 10.3. The van der Waals surface area contributed by atoms with Crippen molar-refractivity contribution in [2.24, 2.45) is 0 Å². The third-order valence-electron chi connectivity index (χ3n) is 2.33. The Morgan fingerprint density at radius 1 is 1.22 bits per heavy atom. The fraction of sp³-hybridized carbons (Fsp3) is 0. The van der Waals surface area contributed by atoms with Gasteiger partial charge < -0.3 is 0 Å². The first-order valence-corrected chi connectivity index (χ1v) is 6.88. The Kier molecular flexibility index (Phi) is 2.97. The maximum absolute atomic E-state index is 8.84. The van der Waals surface area contributed by atoms with Crippen LogP contribution in [0.5, 0.6) is 0 Å². The molecule has 2 heterocycles. The van der Waals surface area contributed by atoms with Gasteiger partial charge in [0.2, 0.25) is 0 Å². The highest BCUT2D eigenvalue weighted by atomic mass is 32.2. The van der Waals surface area contributed by atoms with Crippen molar-refractivity contribution in [1.82, 2.24) is 9.97 Å². The van der Waals surface area contributed by atoms with E-state index in [0.29, 0.717) is 5.56 Å². The Bertz CT molecular complexity index is 710. The normalized spacial score (nSPS) is 10.4. The molecule has 0 saturated heterocycles. The van der Waals surface area contributed by atoms with E-state index >= 15 is 0 Å². The third-order valence-corrected chi connectivity index (χ3v) is 4.36. The van der Waals surface area contributed by atoms with Crippen LogP contribution in [0, 0.1) is 11.3 Å². The van der Waals surface area contributed by atoms with Crippen molar-refractivity contribution >= 4 is 33.3 Å². The summed E-state index contributed by atoms with van der Waals surface area (Å²) in [4.78, 5) is 8.75. The number of fused-ring (bicyclic) bond motifs is 1. The van der Waals surface area contributed by atoms with Crippen molar-refractivity contribution in [3.8, 4) is 6.07 Å². The summed E-state index contributed by atoms with van der Waals surface area (Å²) in [5.74, 6) is 0. The highest BCUT2D eigenvalue weighted by molar-refractivity contribution is 8.01. The fourth-order valence-electron chi connectivity index (χ4n) is 1.52. The number of rotatable bonds is 2. The summed E-state index contributed by atoms with van der Waals surface area (Å²) in [5.41, 5.74) is 1.62. The molecule has 3 nitrogen and oxygen atoms in total. The summed E-state index contributed by atoms with van der Waals surface area (Å²) in [5, 5.41) is 9.64. The van der Waals surface area contributed by atoms with Gasteiger partial charge in [-0.25, -0.2) is 9.97 Å². The van der Waals surface area contributed by atoms with Crippen LogP contribution in [-0.2, 0) is 0 Å². The molecular weight excluding hydrogens is 262 g/mol. The van der Waals surface area contributed by atoms with Crippen molar-refractivity contribution in [3.63, 3.8) is 0 Å². The number of hydrogen-bond donors (Lipinski definition) is 0. The van der Waals surface area contributed by atoms with Crippen LogP contribution in [0.3, 0.4) is 0 Å². The maximum Gasteiger partial charge on any atom is 0.157 e. The Morgan fingerprint density at radius 3 is 2.94 bits per heavy atom. The van der Waals surface area contributed by atoms with E-state index in [1.807, 2.05) is 18.2 Å². The average Bonchev–Trinajstić information content (AvgIpc) is 2.81. The van der Waals surface area contributed by atoms with Gasteiger partial charge in [0, 0.05) is 6.20 Å². The SMILES string of the molecule is N#Cc1ccnc(Sc2nc3ccccc3s2)c1. The Labute approximate surface area is 112 Å². The molecular formula is C13H7N3S2. The molecule has 0 aliphatic heterocycles. The van der Waals surface area contributed by atoms with Gasteiger partial charge >= 0.3 is 0 Å². The molecule has 0 amide bonds. The van der Waals surface area contributed by atoms with Gasteiger partial charge in [0.15, 0.2) is 4.34 Å². The molecule has 1 aromatic carbocycles. The molecule has 0 unspecified atom stereocenters. The topological polar surface area (TPSA) is 49.6 Å². The molecule has 0 fully saturated rings. The van der Waals surface area contributed by atoms with Crippen LogP contribution in [0.25, 0.3) is 10.2 Å². The van der Waals surface area contributed by atoms with Crippen LogP contribution < -0.4 is 0 Å². The number of para-hydroxylation sites is 1. The zero-order valence-electron chi connectivity index (χ0n) is 9.20. The highest BCUT2D eigenvalue weighted by Crippen LogP contribution is 2.33. The largest absolute Gasteiger partial charge is 0.249 e. The molecule has 0 N–H and O–H groups in total. The van der Waals surface area contributed by atoms with Crippen LogP contribution in [-0.4, -0.2) is 9.97 Å². The summed E-state index contributed by atoms with van der Waals surface area (Å²) in [6.45, 7) is 0. The number of pyridine rings is 1. The van der Waals surface area contributed by atoms with E-state index in [2.05, 4.69) is 22.1 Å². The van der Waals surface area contributed by atoms with Gasteiger partial charge in [0.1, 0.15) is 5.03 Å². The Hall–Kier alpha value is -1.90. The first kappa shape index (κ1) is 11.2. The molecule has 0 aliphatic rings. The van der Waals surface area contributed by atoms with E-state index < -0.39 is 0 Å². The summed E-state index contributed by atoms with van der Waals surface area (Å²) in [6.07, 6.45) is 1.65. The maximum atomic E-state index is 8.84. The van der Waals surface area contributed by atoms with Gasteiger partial charge in [0.25, 0.3) is 0 Å². The monoisotopic (exact) mass is 269 g/mol. The minimum absolute atomic E-state index is 0.619. The van der Waals surface area contributed by atoms with E-state index in [9.17, 15) is 0 Å². The highest BCUT2D eigenvalue weighted by Gasteiger charge is 2.06. The minimum Gasteiger partial charge on any atom is -0.249 e. The van der Waals surface area contributed by atoms with Crippen molar-refractivity contribution < 1.29 is 0 Å². The third kappa shape index (κ3) is 2.21. The lowest BCUT2D eigenvalue weighted by molar-refractivity contribution is 1.12. The second-order valence-electron chi connectivity index (χ2n) is 3.54. The van der Waals surface area contributed by atoms with Gasteiger partial charge in [0.05, 0.1) is 21.8 Å². The molecule has 0 atom stereocenters. The Morgan fingerprint density at radius 2 is 2.11 bits per heavy atom. The molecule has 0 spiro atoms. The quantitative estimate of drug-likeness (QED) is 0.711. The summed E-state index contributed by atoms with van der Waals surface area (Å²) in [6, 6.07) is 13.6. The van der Waals surface area contributed by atoms with Crippen LogP contribution >= 0.6 is 23.1 Å². The molecule has 2 aromatic heterocycles. The van der Waals surface area contributed by atoms with Crippen molar-refractivity contribution in [1.29, 1.82) is 5.26 Å². The number of nitrogens with zero attached hydrogens (tertiary/aromatic N) is 3. The number of benzene rings is 1. The molecule has 0 saturated carbocycles. The molecule has 3 rings (SSSR count). The molecule has 5 heteroatoms. The van der Waals surface area contributed by atoms with E-state index in [-0.39, 0.29) is 0 Å². The van der Waals surface area contributed by atoms with Crippen molar-refractivity contribution in [2.45, 2.75) is 9.37 Å². The summed E-state index contributed by atoms with van der Waals surface area (Å²) in [7, 11) is 0. The van der Waals surface area contributed by atoms with Gasteiger partial charge in [-0.2, -0.15) is 5.26 Å². The number of hydrogen-bond acceptors (Lipinski definition) is 5. The zero-order valence-corrected chi connectivity index (χ0v) is 10.8.